The number of aryl methyl sites for hydroxylation is 1. The molecule has 0 unspecified atom stereocenters. The third kappa shape index (κ3) is 3.57. The van der Waals surface area contributed by atoms with E-state index in [0.29, 0.717) is 36.2 Å². The number of nitriles is 1. The first-order valence-corrected chi connectivity index (χ1v) is 10.2. The molecule has 7 heteroatoms. The largest absolute Gasteiger partial charge is 0.490 e. The monoisotopic (exact) mass is 416 g/mol. The maximum atomic E-state index is 9.89. The molecule has 0 saturated carbocycles. The topological polar surface area (TPSA) is 95.3 Å². The van der Waals surface area contributed by atoms with Gasteiger partial charge in [0.05, 0.1) is 36.1 Å². The molecule has 0 aliphatic carbocycles. The molecule has 0 amide bonds. The van der Waals surface area contributed by atoms with Gasteiger partial charge in [-0.05, 0) is 50.6 Å². The lowest BCUT2D eigenvalue weighted by Gasteiger charge is -2.25. The molecule has 1 aliphatic heterocycles. The molecule has 2 heterocycles. The second kappa shape index (κ2) is 8.44. The Balaban J connectivity index is 1.90. The van der Waals surface area contributed by atoms with Gasteiger partial charge in [0.25, 0.3) is 0 Å². The number of nitrogens with zero attached hydrogens (tertiary/aromatic N) is 3. The molecule has 0 fully saturated rings. The molecule has 1 aromatic heterocycles. The van der Waals surface area contributed by atoms with Crippen LogP contribution in [0.1, 0.15) is 36.6 Å². The third-order valence-electron chi connectivity index (χ3n) is 5.13. The summed E-state index contributed by atoms with van der Waals surface area (Å²) in [5, 5.41) is 14.6. The SMILES string of the molecule is CCOc1ccc([C@@H]2C(C#N)=C(N)Oc3c2c(C)nn3-c2ccccc2)cc1OCC. The van der Waals surface area contributed by atoms with E-state index in [4.69, 9.17) is 25.0 Å². The normalized spacial score (nSPS) is 15.1. The van der Waals surface area contributed by atoms with Gasteiger partial charge in [0.15, 0.2) is 11.5 Å². The zero-order chi connectivity index (χ0) is 22.0. The molecule has 0 bridgehead atoms. The number of hydrogen-bond acceptors (Lipinski definition) is 6. The van der Waals surface area contributed by atoms with E-state index in [-0.39, 0.29) is 5.88 Å². The van der Waals surface area contributed by atoms with Gasteiger partial charge < -0.3 is 19.9 Å². The smallest absolute Gasteiger partial charge is 0.229 e. The van der Waals surface area contributed by atoms with E-state index in [1.165, 1.54) is 0 Å². The van der Waals surface area contributed by atoms with Crippen LogP contribution in [0.3, 0.4) is 0 Å². The minimum Gasteiger partial charge on any atom is -0.490 e. The summed E-state index contributed by atoms with van der Waals surface area (Å²) in [4.78, 5) is 0. The van der Waals surface area contributed by atoms with Crippen molar-refractivity contribution in [1.82, 2.24) is 9.78 Å². The summed E-state index contributed by atoms with van der Waals surface area (Å²) in [6.45, 7) is 6.77. The zero-order valence-corrected chi connectivity index (χ0v) is 17.8. The Morgan fingerprint density at radius 3 is 2.48 bits per heavy atom. The van der Waals surface area contributed by atoms with Gasteiger partial charge >= 0.3 is 0 Å². The average Bonchev–Trinajstić information content (AvgIpc) is 3.10. The molecular formula is C24H24N4O3. The average molecular weight is 416 g/mol. The molecule has 4 rings (SSSR count). The number of benzene rings is 2. The van der Waals surface area contributed by atoms with E-state index >= 15 is 0 Å². The molecule has 31 heavy (non-hydrogen) atoms. The van der Waals surface area contributed by atoms with Crippen molar-refractivity contribution in [2.24, 2.45) is 5.73 Å². The molecule has 0 spiro atoms. The van der Waals surface area contributed by atoms with Crippen molar-refractivity contribution in [3.05, 3.63) is 76.8 Å². The van der Waals surface area contributed by atoms with Crippen molar-refractivity contribution in [1.29, 1.82) is 5.26 Å². The highest BCUT2D eigenvalue weighted by Crippen LogP contribution is 2.46. The molecule has 1 aliphatic rings. The minimum absolute atomic E-state index is 0.0731. The first-order chi connectivity index (χ1) is 15.1. The lowest BCUT2D eigenvalue weighted by atomic mass is 9.84. The van der Waals surface area contributed by atoms with Crippen molar-refractivity contribution < 1.29 is 14.2 Å². The van der Waals surface area contributed by atoms with Crippen LogP contribution in [-0.4, -0.2) is 23.0 Å². The van der Waals surface area contributed by atoms with Crippen molar-refractivity contribution in [2.45, 2.75) is 26.7 Å². The van der Waals surface area contributed by atoms with Crippen LogP contribution in [0, 0.1) is 18.3 Å². The van der Waals surface area contributed by atoms with Crippen LogP contribution in [0.15, 0.2) is 60.0 Å². The Morgan fingerprint density at radius 2 is 1.81 bits per heavy atom. The molecule has 2 aromatic carbocycles. The van der Waals surface area contributed by atoms with E-state index in [9.17, 15) is 5.26 Å². The van der Waals surface area contributed by atoms with Crippen LogP contribution in [0.2, 0.25) is 0 Å². The highest BCUT2D eigenvalue weighted by molar-refractivity contribution is 5.59. The first-order valence-electron chi connectivity index (χ1n) is 10.2. The number of nitrogens with two attached hydrogens (primary N) is 1. The van der Waals surface area contributed by atoms with Crippen LogP contribution < -0.4 is 19.9 Å². The summed E-state index contributed by atoms with van der Waals surface area (Å²) in [5.41, 5.74) is 9.81. The van der Waals surface area contributed by atoms with Gasteiger partial charge in [-0.3, -0.25) is 0 Å². The second-order valence-corrected chi connectivity index (χ2v) is 7.05. The van der Waals surface area contributed by atoms with Crippen LogP contribution in [0.4, 0.5) is 0 Å². The fourth-order valence-corrected chi connectivity index (χ4v) is 3.84. The predicted molar refractivity (Wildman–Crippen MR) is 116 cm³/mol. The molecular weight excluding hydrogens is 392 g/mol. The van der Waals surface area contributed by atoms with Crippen LogP contribution in [-0.2, 0) is 0 Å². The van der Waals surface area contributed by atoms with Crippen molar-refractivity contribution in [3.8, 4) is 29.1 Å². The quantitative estimate of drug-likeness (QED) is 0.647. The Bertz CT molecular complexity index is 1180. The molecule has 0 radical (unpaired) electrons. The molecule has 1 atom stereocenters. The third-order valence-corrected chi connectivity index (χ3v) is 5.13. The number of allylic oxidation sites excluding steroid dienone is 1. The maximum Gasteiger partial charge on any atom is 0.229 e. The number of ether oxygens (including phenoxy) is 3. The fourth-order valence-electron chi connectivity index (χ4n) is 3.84. The van der Waals surface area contributed by atoms with Gasteiger partial charge in [-0.1, -0.05) is 24.3 Å². The van der Waals surface area contributed by atoms with E-state index in [1.807, 2.05) is 69.3 Å². The number of aromatic nitrogens is 2. The summed E-state index contributed by atoms with van der Waals surface area (Å²) >= 11 is 0. The number of rotatable bonds is 6. The molecule has 0 saturated heterocycles. The zero-order valence-electron chi connectivity index (χ0n) is 17.8. The van der Waals surface area contributed by atoms with Crippen molar-refractivity contribution in [2.75, 3.05) is 13.2 Å². The predicted octanol–water partition coefficient (Wildman–Crippen LogP) is 4.20. The standard InChI is InChI=1S/C24H24N4O3/c1-4-29-19-12-11-16(13-20(19)30-5-2)22-18(14-25)23(26)31-24-21(22)15(3)27-28(24)17-9-7-6-8-10-17/h6-13,22H,4-5,26H2,1-3H3/t22-/m1/s1. The van der Waals surface area contributed by atoms with Gasteiger partial charge in [-0.25, -0.2) is 4.68 Å². The fraction of sp³-hybridized carbons (Fsp3) is 0.250. The molecule has 2 N–H and O–H groups in total. The lowest BCUT2D eigenvalue weighted by Crippen LogP contribution is -2.22. The van der Waals surface area contributed by atoms with Crippen LogP contribution in [0.25, 0.3) is 5.69 Å². The Hall–Kier alpha value is -3.92. The van der Waals surface area contributed by atoms with Crippen molar-refractivity contribution in [3.63, 3.8) is 0 Å². The second-order valence-electron chi connectivity index (χ2n) is 7.05. The van der Waals surface area contributed by atoms with E-state index in [2.05, 4.69) is 6.07 Å². The molecule has 7 nitrogen and oxygen atoms in total. The maximum absolute atomic E-state index is 9.89. The first kappa shape index (κ1) is 20.4. The summed E-state index contributed by atoms with van der Waals surface area (Å²) in [6, 6.07) is 17.6. The summed E-state index contributed by atoms with van der Waals surface area (Å²) < 4.78 is 19.1. The van der Waals surface area contributed by atoms with Gasteiger partial charge in [0.2, 0.25) is 11.8 Å². The van der Waals surface area contributed by atoms with Gasteiger partial charge in [-0.2, -0.15) is 10.4 Å². The van der Waals surface area contributed by atoms with Gasteiger partial charge in [0.1, 0.15) is 11.6 Å². The highest BCUT2D eigenvalue weighted by Gasteiger charge is 2.36. The number of fused-ring (bicyclic) bond motifs is 1. The Morgan fingerprint density at radius 1 is 1.10 bits per heavy atom. The van der Waals surface area contributed by atoms with Crippen LogP contribution in [0.5, 0.6) is 17.4 Å². The van der Waals surface area contributed by atoms with E-state index < -0.39 is 5.92 Å². The number of para-hydroxylation sites is 1. The van der Waals surface area contributed by atoms with E-state index in [1.54, 1.807) is 4.68 Å². The molecule has 3 aromatic rings. The van der Waals surface area contributed by atoms with Crippen molar-refractivity contribution >= 4 is 0 Å². The molecule has 158 valence electrons. The Labute approximate surface area is 181 Å². The van der Waals surface area contributed by atoms with Gasteiger partial charge in [0, 0.05) is 0 Å². The van der Waals surface area contributed by atoms with E-state index in [0.717, 1.165) is 22.5 Å². The summed E-state index contributed by atoms with van der Waals surface area (Å²) in [6.07, 6.45) is 0. The minimum atomic E-state index is -0.430. The highest BCUT2D eigenvalue weighted by atomic mass is 16.5. The summed E-state index contributed by atoms with van der Waals surface area (Å²) in [5.74, 6) is 1.44. The number of hydrogen-bond donors (Lipinski definition) is 1. The van der Waals surface area contributed by atoms with Crippen LogP contribution >= 0.6 is 0 Å². The van der Waals surface area contributed by atoms with Gasteiger partial charge in [-0.15, -0.1) is 0 Å². The Kier molecular flexibility index (Phi) is 5.54. The lowest BCUT2D eigenvalue weighted by molar-refractivity contribution is 0.287. The summed E-state index contributed by atoms with van der Waals surface area (Å²) in [7, 11) is 0.